The number of aromatic hydroxyl groups is 2. The van der Waals surface area contributed by atoms with Gasteiger partial charge in [-0.3, -0.25) is 4.90 Å². The molecule has 4 heteroatoms. The molecule has 0 fully saturated rings. The van der Waals surface area contributed by atoms with Crippen LogP contribution in [0.5, 0.6) is 11.5 Å². The molecule has 0 bridgehead atoms. The number of hydrogen-bond donors (Lipinski definition) is 3. The second kappa shape index (κ2) is 6.50. The van der Waals surface area contributed by atoms with Crippen LogP contribution >= 0.6 is 12.6 Å². The van der Waals surface area contributed by atoms with Gasteiger partial charge in [0.2, 0.25) is 0 Å². The summed E-state index contributed by atoms with van der Waals surface area (Å²) in [4.78, 5) is 2.03. The van der Waals surface area contributed by atoms with Crippen molar-refractivity contribution in [2.24, 2.45) is 0 Å². The van der Waals surface area contributed by atoms with E-state index in [2.05, 4.69) is 12.6 Å². The third-order valence-corrected chi connectivity index (χ3v) is 3.37. The molecular weight excluding hydrogens is 258 g/mol. The molecule has 3 nitrogen and oxygen atoms in total. The minimum Gasteiger partial charge on any atom is -0.508 e. The van der Waals surface area contributed by atoms with Gasteiger partial charge in [-0.1, -0.05) is 36.4 Å². The normalized spacial score (nSPS) is 10.8. The van der Waals surface area contributed by atoms with Crippen LogP contribution in [-0.2, 0) is 13.1 Å². The summed E-state index contributed by atoms with van der Waals surface area (Å²) in [7, 11) is 0. The van der Waals surface area contributed by atoms with Gasteiger partial charge in [0.25, 0.3) is 0 Å². The molecule has 0 aliphatic rings. The second-order valence-electron chi connectivity index (χ2n) is 4.39. The fourth-order valence-corrected chi connectivity index (χ4v) is 2.13. The van der Waals surface area contributed by atoms with Crippen molar-refractivity contribution in [2.75, 3.05) is 5.88 Å². The van der Waals surface area contributed by atoms with E-state index in [1.165, 1.54) is 0 Å². The van der Waals surface area contributed by atoms with Crippen molar-refractivity contribution in [2.45, 2.75) is 13.1 Å². The van der Waals surface area contributed by atoms with Crippen molar-refractivity contribution in [3.63, 3.8) is 0 Å². The molecule has 19 heavy (non-hydrogen) atoms. The molecule has 0 unspecified atom stereocenters. The summed E-state index contributed by atoms with van der Waals surface area (Å²) >= 11 is 4.31. The zero-order valence-electron chi connectivity index (χ0n) is 10.5. The number of thiol groups is 1. The number of rotatable bonds is 5. The predicted octanol–water partition coefficient (Wildman–Crippen LogP) is 2.99. The van der Waals surface area contributed by atoms with E-state index in [0.29, 0.717) is 19.0 Å². The summed E-state index contributed by atoms with van der Waals surface area (Å²) in [6.07, 6.45) is 0. The quantitative estimate of drug-likeness (QED) is 0.580. The summed E-state index contributed by atoms with van der Waals surface area (Å²) in [6, 6.07) is 14.5. The molecule has 0 aliphatic carbocycles. The zero-order chi connectivity index (χ0) is 13.7. The molecule has 0 saturated carbocycles. The van der Waals surface area contributed by atoms with Crippen molar-refractivity contribution in [1.29, 1.82) is 0 Å². The van der Waals surface area contributed by atoms with Crippen molar-refractivity contribution >= 4 is 12.6 Å². The molecule has 0 heterocycles. The van der Waals surface area contributed by atoms with Crippen LogP contribution < -0.4 is 0 Å². The van der Waals surface area contributed by atoms with Crippen LogP contribution in [0.1, 0.15) is 11.1 Å². The van der Waals surface area contributed by atoms with Crippen LogP contribution in [-0.4, -0.2) is 21.0 Å². The Morgan fingerprint density at radius 3 is 1.58 bits per heavy atom. The van der Waals surface area contributed by atoms with Crippen LogP contribution in [0.2, 0.25) is 0 Å². The van der Waals surface area contributed by atoms with Gasteiger partial charge in [0.1, 0.15) is 11.5 Å². The molecule has 0 radical (unpaired) electrons. The molecule has 0 spiro atoms. The van der Waals surface area contributed by atoms with Crippen molar-refractivity contribution < 1.29 is 10.2 Å². The van der Waals surface area contributed by atoms with E-state index >= 15 is 0 Å². The highest BCUT2D eigenvalue weighted by molar-refractivity contribution is 7.80. The summed E-state index contributed by atoms with van der Waals surface area (Å²) in [6.45, 7) is 1.18. The van der Waals surface area contributed by atoms with E-state index in [1.807, 2.05) is 29.2 Å². The average Bonchev–Trinajstić information content (AvgIpc) is 2.42. The second-order valence-corrected chi connectivity index (χ2v) is 4.67. The van der Waals surface area contributed by atoms with E-state index in [1.54, 1.807) is 24.3 Å². The summed E-state index contributed by atoms with van der Waals surface area (Å²) < 4.78 is 0. The molecule has 0 amide bonds. The highest BCUT2D eigenvalue weighted by atomic mass is 32.1. The zero-order valence-corrected chi connectivity index (χ0v) is 11.4. The highest BCUT2D eigenvalue weighted by Gasteiger charge is 2.10. The van der Waals surface area contributed by atoms with Crippen molar-refractivity contribution in [1.82, 2.24) is 4.90 Å². The van der Waals surface area contributed by atoms with Crippen molar-refractivity contribution in [3.8, 4) is 11.5 Å². The highest BCUT2D eigenvalue weighted by Crippen LogP contribution is 2.22. The lowest BCUT2D eigenvalue weighted by atomic mass is 10.1. The van der Waals surface area contributed by atoms with Gasteiger partial charge in [-0.25, -0.2) is 0 Å². The number of nitrogens with zero attached hydrogens (tertiary/aromatic N) is 1. The van der Waals surface area contributed by atoms with Gasteiger partial charge in [0, 0.05) is 30.1 Å². The number of benzene rings is 2. The Hall–Kier alpha value is -1.65. The fraction of sp³-hybridized carbons (Fsp3) is 0.200. The molecule has 100 valence electrons. The van der Waals surface area contributed by atoms with Gasteiger partial charge in [0.15, 0.2) is 0 Å². The minimum absolute atomic E-state index is 0.284. The van der Waals surface area contributed by atoms with Gasteiger partial charge >= 0.3 is 0 Å². The lowest BCUT2D eigenvalue weighted by Gasteiger charge is -2.21. The van der Waals surface area contributed by atoms with Crippen LogP contribution in [0.3, 0.4) is 0 Å². The number of hydrogen-bond acceptors (Lipinski definition) is 4. The maximum absolute atomic E-state index is 9.77. The monoisotopic (exact) mass is 275 g/mol. The number of phenols is 2. The van der Waals surface area contributed by atoms with Crippen LogP contribution in [0.4, 0.5) is 0 Å². The summed E-state index contributed by atoms with van der Waals surface area (Å²) in [5.74, 6) is 1.11. The van der Waals surface area contributed by atoms with E-state index in [-0.39, 0.29) is 11.5 Å². The Kier molecular flexibility index (Phi) is 4.71. The van der Waals surface area contributed by atoms with Crippen LogP contribution in [0.25, 0.3) is 0 Å². The molecule has 0 aromatic heterocycles. The van der Waals surface area contributed by atoms with Crippen LogP contribution in [0.15, 0.2) is 48.5 Å². The smallest absolute Gasteiger partial charge is 0.120 e. The van der Waals surface area contributed by atoms with Gasteiger partial charge in [-0.2, -0.15) is 12.6 Å². The first-order valence-electron chi connectivity index (χ1n) is 6.07. The molecule has 2 rings (SSSR count). The summed E-state index contributed by atoms with van der Waals surface area (Å²) in [5.41, 5.74) is 1.71. The first kappa shape index (κ1) is 13.8. The maximum Gasteiger partial charge on any atom is 0.120 e. The van der Waals surface area contributed by atoms with Crippen molar-refractivity contribution in [3.05, 3.63) is 59.7 Å². The van der Waals surface area contributed by atoms with Gasteiger partial charge in [-0.15, -0.1) is 0 Å². The first-order chi connectivity index (χ1) is 9.20. The van der Waals surface area contributed by atoms with E-state index in [4.69, 9.17) is 0 Å². The molecule has 2 N–H and O–H groups in total. The first-order valence-corrected chi connectivity index (χ1v) is 6.71. The van der Waals surface area contributed by atoms with Gasteiger partial charge < -0.3 is 10.2 Å². The fourth-order valence-electron chi connectivity index (χ4n) is 1.93. The van der Waals surface area contributed by atoms with E-state index in [9.17, 15) is 10.2 Å². The Labute approximate surface area is 118 Å². The Morgan fingerprint density at radius 2 is 1.21 bits per heavy atom. The van der Waals surface area contributed by atoms with E-state index < -0.39 is 0 Å². The molecule has 0 saturated heterocycles. The standard InChI is InChI=1S/C15H17NO2S/c17-14-7-3-1-5-12(14)9-16(11-19)10-13-6-2-4-8-15(13)18/h1-8,17-19H,9-11H2. The largest absolute Gasteiger partial charge is 0.508 e. The third-order valence-electron chi connectivity index (χ3n) is 2.97. The van der Waals surface area contributed by atoms with Crippen LogP contribution in [0, 0.1) is 0 Å². The molecule has 2 aromatic rings. The lowest BCUT2D eigenvalue weighted by Crippen LogP contribution is -2.21. The maximum atomic E-state index is 9.77. The Bertz CT molecular complexity index is 498. The topological polar surface area (TPSA) is 43.7 Å². The van der Waals surface area contributed by atoms with E-state index in [0.717, 1.165) is 11.1 Å². The number of phenolic OH excluding ortho intramolecular Hbond substituents is 2. The molecule has 0 aliphatic heterocycles. The Morgan fingerprint density at radius 1 is 0.789 bits per heavy atom. The third kappa shape index (κ3) is 3.66. The number of para-hydroxylation sites is 2. The average molecular weight is 275 g/mol. The van der Waals surface area contributed by atoms with Gasteiger partial charge in [-0.05, 0) is 12.1 Å². The molecule has 2 aromatic carbocycles. The lowest BCUT2D eigenvalue weighted by molar-refractivity contribution is 0.295. The Balaban J connectivity index is 2.09. The predicted molar refractivity (Wildman–Crippen MR) is 79.3 cm³/mol. The van der Waals surface area contributed by atoms with Gasteiger partial charge in [0.05, 0.1) is 0 Å². The summed E-state index contributed by atoms with van der Waals surface area (Å²) in [5, 5.41) is 19.5. The minimum atomic E-state index is 0.284. The molecular formula is C15H17NO2S. The molecule has 0 atom stereocenters. The SMILES string of the molecule is Oc1ccccc1CN(CS)Cc1ccccc1O.